The number of unbranched alkanes of at least 4 members (excludes halogenated alkanes) is 1. The molecule has 1 N–H and O–H groups in total. The Hall–Kier alpha value is -2.93. The predicted molar refractivity (Wildman–Crippen MR) is 152 cm³/mol. The number of thiazole rings is 1. The molecule has 1 amide bonds. The lowest BCUT2D eigenvalue weighted by molar-refractivity contribution is -0.138. The molecular weight excluding hydrogens is 484 g/mol. The van der Waals surface area contributed by atoms with E-state index in [9.17, 15) is 9.59 Å². The molecule has 2 rings (SSSR count). The van der Waals surface area contributed by atoms with Gasteiger partial charge in [-0.1, -0.05) is 46.2 Å². The van der Waals surface area contributed by atoms with Crippen LogP contribution in [0.4, 0.5) is 0 Å². The monoisotopic (exact) mass is 526 g/mol. The number of aromatic nitrogens is 1. The molecular formula is C30H42N2O4S. The SMILES string of the molecule is CCCCOc1ccc(C[C@H](NC(=O)CC(C)(C)C)c2nc(/C=C(C)/C=C(/C)C(=O)OCC)cs2)cc1. The first kappa shape index (κ1) is 30.3. The Balaban J connectivity index is 2.22. The van der Waals surface area contributed by atoms with Gasteiger partial charge in [-0.25, -0.2) is 9.78 Å². The van der Waals surface area contributed by atoms with E-state index in [0.29, 0.717) is 31.6 Å². The Morgan fingerprint density at radius 1 is 1.14 bits per heavy atom. The van der Waals surface area contributed by atoms with Crippen LogP contribution in [0.15, 0.2) is 46.9 Å². The first-order chi connectivity index (χ1) is 17.5. The number of rotatable bonds is 13. The van der Waals surface area contributed by atoms with Crippen molar-refractivity contribution < 1.29 is 19.1 Å². The van der Waals surface area contributed by atoms with Crippen LogP contribution >= 0.6 is 11.3 Å². The van der Waals surface area contributed by atoms with Crippen molar-refractivity contribution in [3.05, 3.63) is 63.1 Å². The maximum atomic E-state index is 12.8. The molecule has 6 nitrogen and oxygen atoms in total. The van der Waals surface area contributed by atoms with Gasteiger partial charge in [0.1, 0.15) is 10.8 Å². The third kappa shape index (κ3) is 11.3. The van der Waals surface area contributed by atoms with Crippen molar-refractivity contribution in [3.8, 4) is 5.75 Å². The van der Waals surface area contributed by atoms with Crippen LogP contribution < -0.4 is 10.1 Å². The second kappa shape index (κ2) is 14.7. The highest BCUT2D eigenvalue weighted by Gasteiger charge is 2.22. The van der Waals surface area contributed by atoms with E-state index in [2.05, 4.69) is 33.0 Å². The van der Waals surface area contributed by atoms with E-state index in [-0.39, 0.29) is 23.3 Å². The quantitative estimate of drug-likeness (QED) is 0.131. The highest BCUT2D eigenvalue weighted by atomic mass is 32.1. The lowest BCUT2D eigenvalue weighted by Crippen LogP contribution is -2.32. The average molecular weight is 527 g/mol. The van der Waals surface area contributed by atoms with E-state index >= 15 is 0 Å². The molecule has 1 aromatic heterocycles. The second-order valence-corrected chi connectivity index (χ2v) is 11.3. The smallest absolute Gasteiger partial charge is 0.333 e. The predicted octanol–water partition coefficient (Wildman–Crippen LogP) is 7.07. The maximum absolute atomic E-state index is 12.8. The summed E-state index contributed by atoms with van der Waals surface area (Å²) in [5, 5.41) is 6.02. The van der Waals surface area contributed by atoms with Crippen LogP contribution in [0.25, 0.3) is 6.08 Å². The highest BCUT2D eigenvalue weighted by molar-refractivity contribution is 7.09. The molecule has 37 heavy (non-hydrogen) atoms. The largest absolute Gasteiger partial charge is 0.494 e. The van der Waals surface area contributed by atoms with Crippen molar-refractivity contribution in [3.63, 3.8) is 0 Å². The molecule has 202 valence electrons. The van der Waals surface area contributed by atoms with Crippen molar-refractivity contribution in [2.24, 2.45) is 5.41 Å². The molecule has 1 heterocycles. The first-order valence-corrected chi connectivity index (χ1v) is 13.9. The molecule has 0 aliphatic rings. The fourth-order valence-electron chi connectivity index (χ4n) is 3.67. The number of hydrogen-bond acceptors (Lipinski definition) is 6. The third-order valence-electron chi connectivity index (χ3n) is 5.41. The molecule has 0 saturated heterocycles. The van der Waals surface area contributed by atoms with E-state index in [0.717, 1.165) is 40.4 Å². The first-order valence-electron chi connectivity index (χ1n) is 13.0. The Morgan fingerprint density at radius 2 is 1.84 bits per heavy atom. The lowest BCUT2D eigenvalue weighted by atomic mass is 9.91. The molecule has 0 aliphatic heterocycles. The zero-order valence-corrected chi connectivity index (χ0v) is 24.2. The van der Waals surface area contributed by atoms with E-state index in [1.807, 2.05) is 42.6 Å². The number of ether oxygens (including phenoxy) is 2. The van der Waals surface area contributed by atoms with Crippen LogP contribution in [0.1, 0.15) is 90.0 Å². The van der Waals surface area contributed by atoms with Gasteiger partial charge < -0.3 is 14.8 Å². The Labute approximate surface area is 226 Å². The molecule has 1 atom stereocenters. The van der Waals surface area contributed by atoms with Gasteiger partial charge in [0, 0.05) is 17.4 Å². The fraction of sp³-hybridized carbons (Fsp3) is 0.500. The fourth-order valence-corrected chi connectivity index (χ4v) is 4.49. The zero-order chi connectivity index (χ0) is 27.4. The Morgan fingerprint density at radius 3 is 2.46 bits per heavy atom. The molecule has 0 bridgehead atoms. The van der Waals surface area contributed by atoms with E-state index in [1.165, 1.54) is 11.3 Å². The Kier molecular flexibility index (Phi) is 12.1. The van der Waals surface area contributed by atoms with Crippen molar-refractivity contribution in [2.75, 3.05) is 13.2 Å². The number of carbonyl (C=O) groups is 2. The Bertz CT molecular complexity index is 1080. The topological polar surface area (TPSA) is 77.5 Å². The number of hydrogen-bond donors (Lipinski definition) is 1. The van der Waals surface area contributed by atoms with Crippen LogP contribution in [-0.2, 0) is 20.7 Å². The molecule has 7 heteroatoms. The van der Waals surface area contributed by atoms with Gasteiger partial charge in [-0.15, -0.1) is 11.3 Å². The van der Waals surface area contributed by atoms with Crippen LogP contribution in [-0.4, -0.2) is 30.1 Å². The summed E-state index contributed by atoms with van der Waals surface area (Å²) in [5.74, 6) is 0.542. The van der Waals surface area contributed by atoms with Gasteiger partial charge in [0.05, 0.1) is 24.9 Å². The molecule has 2 aromatic rings. The molecule has 0 spiro atoms. The number of benzene rings is 1. The van der Waals surface area contributed by atoms with Crippen molar-refractivity contribution in [1.82, 2.24) is 10.3 Å². The minimum Gasteiger partial charge on any atom is -0.494 e. The number of allylic oxidation sites excluding steroid dienone is 2. The van der Waals surface area contributed by atoms with Gasteiger partial charge in [-0.05, 0) is 74.4 Å². The van der Waals surface area contributed by atoms with Crippen LogP contribution in [0.2, 0.25) is 0 Å². The van der Waals surface area contributed by atoms with E-state index in [4.69, 9.17) is 14.5 Å². The van der Waals surface area contributed by atoms with Gasteiger partial charge in [0.2, 0.25) is 5.91 Å². The number of nitrogens with zero attached hydrogens (tertiary/aromatic N) is 1. The molecule has 0 aliphatic carbocycles. The van der Waals surface area contributed by atoms with Gasteiger partial charge in [-0.2, -0.15) is 0 Å². The highest BCUT2D eigenvalue weighted by Crippen LogP contribution is 2.26. The van der Waals surface area contributed by atoms with E-state index in [1.54, 1.807) is 19.9 Å². The van der Waals surface area contributed by atoms with Gasteiger partial charge in [0.25, 0.3) is 0 Å². The summed E-state index contributed by atoms with van der Waals surface area (Å²) < 4.78 is 10.8. The van der Waals surface area contributed by atoms with Gasteiger partial charge >= 0.3 is 5.97 Å². The standard InChI is InChI=1S/C30H42N2O4S/c1-8-10-15-36-25-13-11-23(12-14-25)18-26(32-27(33)19-30(5,6)7)28-31-24(20-37-28)17-21(3)16-22(4)29(34)35-9-2/h11-14,16-17,20,26H,8-10,15,18-19H2,1-7H3,(H,32,33)/b21-17+,22-16-/t26-/m0/s1. The number of nitrogens with one attached hydrogen (secondary N) is 1. The summed E-state index contributed by atoms with van der Waals surface area (Å²) in [7, 11) is 0. The van der Waals surface area contributed by atoms with Crippen LogP contribution in [0.3, 0.4) is 0 Å². The van der Waals surface area contributed by atoms with Crippen LogP contribution in [0, 0.1) is 5.41 Å². The molecule has 0 unspecified atom stereocenters. The molecule has 1 aromatic carbocycles. The summed E-state index contributed by atoms with van der Waals surface area (Å²) in [6, 6.07) is 7.82. The number of amides is 1. The number of esters is 1. The summed E-state index contributed by atoms with van der Waals surface area (Å²) in [5.41, 5.74) is 3.22. The van der Waals surface area contributed by atoms with E-state index < -0.39 is 0 Å². The molecule has 0 saturated carbocycles. The molecule has 0 fully saturated rings. The van der Waals surface area contributed by atoms with Gasteiger partial charge in [-0.3, -0.25) is 4.79 Å². The average Bonchev–Trinajstić information content (AvgIpc) is 3.27. The zero-order valence-electron chi connectivity index (χ0n) is 23.3. The van der Waals surface area contributed by atoms with Crippen molar-refractivity contribution in [1.29, 1.82) is 0 Å². The summed E-state index contributed by atoms with van der Waals surface area (Å²) >= 11 is 1.52. The minimum absolute atomic E-state index is 0.00786. The number of carbonyl (C=O) groups excluding carboxylic acids is 2. The third-order valence-corrected chi connectivity index (χ3v) is 6.39. The van der Waals surface area contributed by atoms with Gasteiger partial charge in [0.15, 0.2) is 0 Å². The summed E-state index contributed by atoms with van der Waals surface area (Å²) in [6.07, 6.45) is 6.91. The normalized spacial score (nSPS) is 13.3. The van der Waals surface area contributed by atoms with Crippen LogP contribution in [0.5, 0.6) is 5.75 Å². The molecule has 0 radical (unpaired) electrons. The summed E-state index contributed by atoms with van der Waals surface area (Å²) in [4.78, 5) is 29.6. The second-order valence-electron chi connectivity index (χ2n) is 10.5. The van der Waals surface area contributed by atoms with Crippen molar-refractivity contribution >= 4 is 29.3 Å². The van der Waals surface area contributed by atoms with Crippen molar-refractivity contribution in [2.45, 2.75) is 80.2 Å². The maximum Gasteiger partial charge on any atom is 0.333 e. The summed E-state index contributed by atoms with van der Waals surface area (Å²) in [6.45, 7) is 14.8. The lowest BCUT2D eigenvalue weighted by Gasteiger charge is -2.21. The minimum atomic E-state index is -0.322.